The van der Waals surface area contributed by atoms with Crippen molar-refractivity contribution in [2.75, 3.05) is 0 Å². The van der Waals surface area contributed by atoms with E-state index >= 15 is 0 Å². The number of fused-ring (bicyclic) bond motifs is 5. The third-order valence-corrected chi connectivity index (χ3v) is 8.14. The molecule has 4 nitrogen and oxygen atoms in total. The summed E-state index contributed by atoms with van der Waals surface area (Å²) in [5.74, 6) is 0.859. The Labute approximate surface area is 149 Å². The van der Waals surface area contributed by atoms with Crippen LogP contribution in [0, 0.1) is 22.7 Å². The van der Waals surface area contributed by atoms with E-state index in [4.69, 9.17) is 4.74 Å². The molecule has 0 N–H and O–H groups in total. The molecule has 3 saturated carbocycles. The predicted molar refractivity (Wildman–Crippen MR) is 92.7 cm³/mol. The van der Waals surface area contributed by atoms with Gasteiger partial charge in [-0.05, 0) is 50.5 Å². The lowest BCUT2D eigenvalue weighted by molar-refractivity contribution is -0.217. The molecule has 0 radical (unpaired) electrons. The van der Waals surface area contributed by atoms with Crippen LogP contribution < -0.4 is 0 Å². The predicted octanol–water partition coefficient (Wildman–Crippen LogP) is 3.77. The molecule has 0 aromatic heterocycles. The molecule has 3 fully saturated rings. The molecule has 0 amide bonds. The van der Waals surface area contributed by atoms with E-state index in [0.717, 1.165) is 44.1 Å². The first kappa shape index (κ1) is 17.0. The van der Waals surface area contributed by atoms with Crippen LogP contribution in [0.4, 0.5) is 0 Å². The smallest absolute Gasteiger partial charge is 0.303 e. The van der Waals surface area contributed by atoms with Gasteiger partial charge >= 0.3 is 5.97 Å². The average molecular weight is 344 g/mol. The Kier molecular flexibility index (Phi) is 3.59. The minimum absolute atomic E-state index is 0.195. The van der Waals surface area contributed by atoms with E-state index in [0.29, 0.717) is 24.5 Å². The lowest BCUT2D eigenvalue weighted by atomic mass is 9.45. The first-order chi connectivity index (χ1) is 11.7. The summed E-state index contributed by atoms with van der Waals surface area (Å²) < 4.78 is 6.18. The highest BCUT2D eigenvalue weighted by atomic mass is 16.6. The fourth-order valence-corrected chi connectivity index (χ4v) is 6.74. The van der Waals surface area contributed by atoms with Gasteiger partial charge in [-0.3, -0.25) is 14.4 Å². The van der Waals surface area contributed by atoms with Crippen LogP contribution in [-0.4, -0.2) is 23.1 Å². The molecular formula is C21H28O4. The van der Waals surface area contributed by atoms with Crippen LogP contribution in [0.15, 0.2) is 11.6 Å². The zero-order chi connectivity index (χ0) is 18.0. The van der Waals surface area contributed by atoms with Gasteiger partial charge in [-0.1, -0.05) is 19.4 Å². The maximum atomic E-state index is 12.6. The summed E-state index contributed by atoms with van der Waals surface area (Å²) in [6.45, 7) is 5.82. The molecule has 4 aliphatic carbocycles. The van der Waals surface area contributed by atoms with Gasteiger partial charge in [-0.25, -0.2) is 0 Å². The van der Waals surface area contributed by atoms with Crippen LogP contribution in [0.1, 0.15) is 72.1 Å². The fourth-order valence-electron chi connectivity index (χ4n) is 6.74. The highest BCUT2D eigenvalue weighted by Gasteiger charge is 2.68. The SMILES string of the molecule is CC(=O)O[C@]12CC[C@]3(C)C(=O)CC[C@H]3[C@@H]1CCC1=CC(=O)CC[C@@]12C. The highest BCUT2D eigenvalue weighted by Crippen LogP contribution is 2.67. The quantitative estimate of drug-likeness (QED) is 0.679. The van der Waals surface area contributed by atoms with E-state index in [1.165, 1.54) is 6.92 Å². The third-order valence-electron chi connectivity index (χ3n) is 8.14. The Bertz CT molecular complexity index is 692. The third kappa shape index (κ3) is 2.09. The van der Waals surface area contributed by atoms with E-state index in [2.05, 4.69) is 13.8 Å². The Morgan fingerprint density at radius 2 is 1.76 bits per heavy atom. The molecule has 0 spiro atoms. The summed E-state index contributed by atoms with van der Waals surface area (Å²) in [6.07, 6.45) is 7.98. The highest BCUT2D eigenvalue weighted by molar-refractivity contribution is 5.92. The standard InChI is InChI=1S/C21H28O4/c1-13(22)25-21-11-10-19(2)16(6-7-18(19)24)17(21)5-4-14-12-15(23)8-9-20(14,21)3/h12,16-17H,4-11H2,1-3H3/t16-,17-,19-,20-,21+/m0/s1. The fraction of sp³-hybridized carbons (Fsp3) is 0.762. The number of ketones is 2. The van der Waals surface area contributed by atoms with Gasteiger partial charge in [0.1, 0.15) is 11.4 Å². The van der Waals surface area contributed by atoms with Crippen molar-refractivity contribution in [3.05, 3.63) is 11.6 Å². The zero-order valence-corrected chi connectivity index (χ0v) is 15.5. The molecular weight excluding hydrogens is 316 g/mol. The Morgan fingerprint density at radius 1 is 1.04 bits per heavy atom. The average Bonchev–Trinajstić information content (AvgIpc) is 2.84. The number of carbonyl (C=O) groups is 3. The number of esters is 1. The number of ether oxygens (including phenoxy) is 1. The molecule has 5 atom stereocenters. The molecule has 0 heterocycles. The number of hydrogen-bond donors (Lipinski definition) is 0. The molecule has 0 aromatic rings. The van der Waals surface area contributed by atoms with Crippen LogP contribution in [-0.2, 0) is 19.1 Å². The molecule has 0 unspecified atom stereocenters. The van der Waals surface area contributed by atoms with Crippen molar-refractivity contribution in [1.82, 2.24) is 0 Å². The Hall–Kier alpha value is -1.45. The van der Waals surface area contributed by atoms with Gasteiger partial charge in [0.2, 0.25) is 0 Å². The lowest BCUT2D eigenvalue weighted by Crippen LogP contribution is -2.64. The molecule has 4 heteroatoms. The van der Waals surface area contributed by atoms with E-state index < -0.39 is 5.60 Å². The van der Waals surface area contributed by atoms with Crippen molar-refractivity contribution >= 4 is 17.5 Å². The minimum Gasteiger partial charge on any atom is -0.458 e. The summed E-state index contributed by atoms with van der Waals surface area (Å²) in [5, 5.41) is 0. The van der Waals surface area contributed by atoms with Crippen molar-refractivity contribution in [2.45, 2.75) is 77.7 Å². The summed E-state index contributed by atoms with van der Waals surface area (Å²) in [5.41, 5.74) is 0.0752. The summed E-state index contributed by atoms with van der Waals surface area (Å²) in [7, 11) is 0. The molecule has 4 aliphatic rings. The van der Waals surface area contributed by atoms with Crippen LogP contribution in [0.3, 0.4) is 0 Å². The number of rotatable bonds is 1. The Morgan fingerprint density at radius 3 is 2.48 bits per heavy atom. The van der Waals surface area contributed by atoms with Crippen LogP contribution in [0.2, 0.25) is 0 Å². The molecule has 0 aromatic carbocycles. The van der Waals surface area contributed by atoms with Gasteiger partial charge in [-0.2, -0.15) is 0 Å². The van der Waals surface area contributed by atoms with Gasteiger partial charge in [-0.15, -0.1) is 0 Å². The first-order valence-electron chi connectivity index (χ1n) is 9.70. The van der Waals surface area contributed by atoms with Gasteiger partial charge in [0.25, 0.3) is 0 Å². The second-order valence-electron chi connectivity index (χ2n) is 9.08. The largest absolute Gasteiger partial charge is 0.458 e. The van der Waals surface area contributed by atoms with Crippen molar-refractivity contribution in [2.24, 2.45) is 22.7 Å². The molecule has 25 heavy (non-hydrogen) atoms. The number of hydrogen-bond acceptors (Lipinski definition) is 4. The van der Waals surface area contributed by atoms with E-state index in [9.17, 15) is 14.4 Å². The Balaban J connectivity index is 1.84. The maximum absolute atomic E-state index is 12.6. The van der Waals surface area contributed by atoms with Crippen molar-refractivity contribution < 1.29 is 19.1 Å². The van der Waals surface area contributed by atoms with Crippen LogP contribution in [0.5, 0.6) is 0 Å². The molecule has 0 bridgehead atoms. The second-order valence-corrected chi connectivity index (χ2v) is 9.08. The van der Waals surface area contributed by atoms with Crippen molar-refractivity contribution in [3.8, 4) is 0 Å². The monoisotopic (exact) mass is 344 g/mol. The van der Waals surface area contributed by atoms with Gasteiger partial charge in [0.05, 0.1) is 0 Å². The topological polar surface area (TPSA) is 60.4 Å². The number of Topliss-reactive ketones (excluding diaryl/α,β-unsaturated/α-hetero) is 1. The van der Waals surface area contributed by atoms with E-state index in [1.807, 2.05) is 6.08 Å². The van der Waals surface area contributed by atoms with E-state index in [1.54, 1.807) is 0 Å². The summed E-state index contributed by atoms with van der Waals surface area (Å²) in [6, 6.07) is 0. The lowest BCUT2D eigenvalue weighted by Gasteiger charge is -2.63. The van der Waals surface area contributed by atoms with Crippen LogP contribution in [0.25, 0.3) is 0 Å². The normalized spacial score (nSPS) is 46.0. The molecule has 0 saturated heterocycles. The van der Waals surface area contributed by atoms with Gasteiger partial charge in [0.15, 0.2) is 5.78 Å². The molecule has 136 valence electrons. The van der Waals surface area contributed by atoms with Crippen molar-refractivity contribution in [3.63, 3.8) is 0 Å². The maximum Gasteiger partial charge on any atom is 0.303 e. The second kappa shape index (κ2) is 5.28. The van der Waals surface area contributed by atoms with Gasteiger partial charge in [0, 0.05) is 36.5 Å². The zero-order valence-electron chi connectivity index (χ0n) is 15.5. The minimum atomic E-state index is -0.557. The molecule has 0 aliphatic heterocycles. The summed E-state index contributed by atoms with van der Waals surface area (Å²) >= 11 is 0. The first-order valence-corrected chi connectivity index (χ1v) is 9.70. The van der Waals surface area contributed by atoms with E-state index in [-0.39, 0.29) is 28.5 Å². The van der Waals surface area contributed by atoms with Gasteiger partial charge < -0.3 is 4.74 Å². The summed E-state index contributed by atoms with van der Waals surface area (Å²) in [4.78, 5) is 36.7. The molecule has 4 rings (SSSR count). The number of carbonyl (C=O) groups excluding carboxylic acids is 3. The van der Waals surface area contributed by atoms with Crippen LogP contribution >= 0.6 is 0 Å². The van der Waals surface area contributed by atoms with Crippen molar-refractivity contribution in [1.29, 1.82) is 0 Å².